The zero-order chi connectivity index (χ0) is 12.3. The van der Waals surface area contributed by atoms with Crippen LogP contribution in [-0.2, 0) is 4.79 Å². The molecule has 1 N–H and O–H groups in total. The van der Waals surface area contributed by atoms with Gasteiger partial charge in [0.05, 0.1) is 12.0 Å². The number of hydrogen-bond acceptors (Lipinski definition) is 3. The maximum Gasteiger partial charge on any atom is 0.140 e. The first kappa shape index (κ1) is 12.2. The molecular formula is C14H14O2S. The maximum atomic E-state index is 11.8. The average Bonchev–Trinajstić information content (AvgIpc) is 2.38. The van der Waals surface area contributed by atoms with Gasteiger partial charge in [0.2, 0.25) is 0 Å². The Bertz CT molecular complexity index is 462. The Hall–Kier alpha value is -1.24. The van der Waals surface area contributed by atoms with Crippen LogP contribution in [0, 0.1) is 18.3 Å². The first-order valence-electron chi connectivity index (χ1n) is 5.58. The summed E-state index contributed by atoms with van der Waals surface area (Å²) < 4.78 is 0. The summed E-state index contributed by atoms with van der Waals surface area (Å²) in [7, 11) is 0. The molecule has 88 valence electrons. The number of terminal acetylenes is 1. The van der Waals surface area contributed by atoms with Gasteiger partial charge in [0.1, 0.15) is 5.78 Å². The lowest BCUT2D eigenvalue weighted by Crippen LogP contribution is -2.29. The minimum absolute atomic E-state index is 0.142. The molecular weight excluding hydrogens is 232 g/mol. The van der Waals surface area contributed by atoms with Gasteiger partial charge in [-0.15, -0.1) is 6.42 Å². The van der Waals surface area contributed by atoms with Gasteiger partial charge in [-0.2, -0.15) is 11.8 Å². The normalized spacial score (nSPS) is 21.9. The maximum absolute atomic E-state index is 11.8. The molecule has 3 heteroatoms. The second kappa shape index (κ2) is 5.39. The molecule has 2 atom stereocenters. The number of ketones is 1. The molecule has 0 aromatic heterocycles. The molecule has 1 heterocycles. The molecule has 0 radical (unpaired) electrons. The lowest BCUT2D eigenvalue weighted by molar-refractivity contribution is -0.125. The Kier molecular flexibility index (Phi) is 3.88. The smallest absolute Gasteiger partial charge is 0.140 e. The van der Waals surface area contributed by atoms with E-state index in [0.29, 0.717) is 23.3 Å². The van der Waals surface area contributed by atoms with Gasteiger partial charge in [-0.3, -0.25) is 4.79 Å². The average molecular weight is 246 g/mol. The van der Waals surface area contributed by atoms with Crippen LogP contribution >= 0.6 is 11.8 Å². The highest BCUT2D eigenvalue weighted by atomic mass is 32.2. The minimum atomic E-state index is -0.775. The van der Waals surface area contributed by atoms with Crippen molar-refractivity contribution in [2.75, 3.05) is 11.5 Å². The van der Waals surface area contributed by atoms with Crippen LogP contribution in [0.15, 0.2) is 24.3 Å². The molecule has 0 bridgehead atoms. The van der Waals surface area contributed by atoms with Gasteiger partial charge in [-0.1, -0.05) is 24.1 Å². The van der Waals surface area contributed by atoms with Crippen LogP contribution < -0.4 is 0 Å². The van der Waals surface area contributed by atoms with Crippen LogP contribution in [0.1, 0.15) is 23.7 Å². The topological polar surface area (TPSA) is 37.3 Å². The zero-order valence-corrected chi connectivity index (χ0v) is 10.2. The van der Waals surface area contributed by atoms with Crippen molar-refractivity contribution in [1.29, 1.82) is 0 Å². The zero-order valence-electron chi connectivity index (χ0n) is 9.43. The summed E-state index contributed by atoms with van der Waals surface area (Å²) >= 11 is 1.71. The van der Waals surface area contributed by atoms with Crippen LogP contribution in [0.5, 0.6) is 0 Å². The third-order valence-corrected chi connectivity index (χ3v) is 4.11. The second-order valence-electron chi connectivity index (χ2n) is 4.07. The fourth-order valence-electron chi connectivity index (χ4n) is 2.03. The Morgan fingerprint density at radius 1 is 1.47 bits per heavy atom. The van der Waals surface area contributed by atoms with Crippen LogP contribution in [0.4, 0.5) is 0 Å². The van der Waals surface area contributed by atoms with E-state index in [1.165, 1.54) is 0 Å². The van der Waals surface area contributed by atoms with Crippen LogP contribution in [-0.4, -0.2) is 22.4 Å². The van der Waals surface area contributed by atoms with Crippen molar-refractivity contribution >= 4 is 17.5 Å². The third kappa shape index (κ3) is 2.54. The SMILES string of the molecule is C#Cc1ccccc1[C@H](O)[C@@H]1CSCCC1=O. The van der Waals surface area contributed by atoms with Gasteiger partial charge in [-0.25, -0.2) is 0 Å². The van der Waals surface area contributed by atoms with E-state index in [4.69, 9.17) is 6.42 Å². The second-order valence-corrected chi connectivity index (χ2v) is 5.22. The predicted octanol–water partition coefficient (Wildman–Crippen LogP) is 2.02. The number of rotatable bonds is 2. The number of benzene rings is 1. The van der Waals surface area contributed by atoms with Crippen LogP contribution in [0.25, 0.3) is 0 Å². The highest BCUT2D eigenvalue weighted by Crippen LogP contribution is 2.32. The standard InChI is InChI=1S/C14H14O2S/c1-2-10-5-3-4-6-11(10)14(16)12-9-17-8-7-13(12)15/h1,3-6,12,14,16H,7-9H2/t12-,14+/m1/s1. The lowest BCUT2D eigenvalue weighted by atomic mass is 9.89. The van der Waals surface area contributed by atoms with E-state index in [-0.39, 0.29) is 11.7 Å². The Morgan fingerprint density at radius 2 is 2.24 bits per heavy atom. The molecule has 17 heavy (non-hydrogen) atoms. The summed E-state index contributed by atoms with van der Waals surface area (Å²) in [5.41, 5.74) is 1.36. The summed E-state index contributed by atoms with van der Waals surface area (Å²) in [5.74, 6) is 3.92. The molecule has 2 rings (SSSR count). The van der Waals surface area contributed by atoms with Crippen molar-refractivity contribution in [2.45, 2.75) is 12.5 Å². The molecule has 1 aliphatic rings. The van der Waals surface area contributed by atoms with Crippen molar-refractivity contribution in [3.63, 3.8) is 0 Å². The Morgan fingerprint density at radius 3 is 2.94 bits per heavy atom. The highest BCUT2D eigenvalue weighted by molar-refractivity contribution is 7.99. The number of Topliss-reactive ketones (excluding diaryl/α,β-unsaturated/α-hetero) is 1. The van der Waals surface area contributed by atoms with Crippen molar-refractivity contribution in [1.82, 2.24) is 0 Å². The first-order valence-corrected chi connectivity index (χ1v) is 6.73. The molecule has 2 nitrogen and oxygen atoms in total. The number of aliphatic hydroxyl groups excluding tert-OH is 1. The third-order valence-electron chi connectivity index (χ3n) is 3.02. The van der Waals surface area contributed by atoms with E-state index in [0.717, 1.165) is 5.75 Å². The van der Waals surface area contributed by atoms with E-state index in [1.54, 1.807) is 23.9 Å². The van der Waals surface area contributed by atoms with Gasteiger partial charge < -0.3 is 5.11 Å². The molecule has 0 amide bonds. The van der Waals surface area contributed by atoms with E-state index in [9.17, 15) is 9.90 Å². The first-order chi connectivity index (χ1) is 8.24. The molecule has 1 saturated heterocycles. The predicted molar refractivity (Wildman–Crippen MR) is 69.8 cm³/mol. The quantitative estimate of drug-likeness (QED) is 0.811. The van der Waals surface area contributed by atoms with Gasteiger partial charge in [0, 0.05) is 23.5 Å². The molecule has 1 aromatic rings. The summed E-state index contributed by atoms with van der Waals surface area (Å²) in [4.78, 5) is 11.8. The monoisotopic (exact) mass is 246 g/mol. The van der Waals surface area contributed by atoms with Crippen molar-refractivity contribution in [2.24, 2.45) is 5.92 Å². The number of hydrogen-bond donors (Lipinski definition) is 1. The number of carbonyl (C=O) groups excluding carboxylic acids is 1. The molecule has 0 spiro atoms. The van der Waals surface area contributed by atoms with Gasteiger partial charge in [0.25, 0.3) is 0 Å². The van der Waals surface area contributed by atoms with Gasteiger partial charge in [0.15, 0.2) is 0 Å². The lowest BCUT2D eigenvalue weighted by Gasteiger charge is -2.25. The van der Waals surface area contributed by atoms with E-state index < -0.39 is 6.10 Å². The summed E-state index contributed by atoms with van der Waals surface area (Å²) in [6, 6.07) is 7.26. The summed E-state index contributed by atoms with van der Waals surface area (Å²) in [6.45, 7) is 0. The molecule has 0 unspecified atom stereocenters. The molecule has 0 saturated carbocycles. The highest BCUT2D eigenvalue weighted by Gasteiger charge is 2.31. The van der Waals surface area contributed by atoms with Crippen molar-refractivity contribution in [3.05, 3.63) is 35.4 Å². The van der Waals surface area contributed by atoms with E-state index in [2.05, 4.69) is 5.92 Å². The van der Waals surface area contributed by atoms with Crippen molar-refractivity contribution < 1.29 is 9.90 Å². The largest absolute Gasteiger partial charge is 0.388 e. The Labute approximate surface area is 105 Å². The molecule has 1 fully saturated rings. The Balaban J connectivity index is 2.27. The van der Waals surface area contributed by atoms with E-state index in [1.807, 2.05) is 12.1 Å². The fourth-order valence-corrected chi connectivity index (χ4v) is 3.17. The molecule has 0 aliphatic carbocycles. The van der Waals surface area contributed by atoms with Gasteiger partial charge in [-0.05, 0) is 11.6 Å². The number of carbonyl (C=O) groups is 1. The number of thioether (sulfide) groups is 1. The van der Waals surface area contributed by atoms with E-state index >= 15 is 0 Å². The molecule has 1 aromatic carbocycles. The van der Waals surface area contributed by atoms with Gasteiger partial charge >= 0.3 is 0 Å². The van der Waals surface area contributed by atoms with Crippen molar-refractivity contribution in [3.8, 4) is 12.3 Å². The number of aliphatic hydroxyl groups is 1. The van der Waals surface area contributed by atoms with Crippen LogP contribution in [0.2, 0.25) is 0 Å². The minimum Gasteiger partial charge on any atom is -0.388 e. The fraction of sp³-hybridized carbons (Fsp3) is 0.357. The van der Waals surface area contributed by atoms with Crippen LogP contribution in [0.3, 0.4) is 0 Å². The molecule has 1 aliphatic heterocycles. The summed E-state index contributed by atoms with van der Waals surface area (Å²) in [6.07, 6.45) is 5.17. The summed E-state index contributed by atoms with van der Waals surface area (Å²) in [5, 5.41) is 10.3.